The number of fused-ring (bicyclic) bond motifs is 3. The van der Waals surface area contributed by atoms with Gasteiger partial charge in [0.25, 0.3) is 5.91 Å². The van der Waals surface area contributed by atoms with Crippen LogP contribution in [0.3, 0.4) is 0 Å². The summed E-state index contributed by atoms with van der Waals surface area (Å²) in [6, 6.07) is 8.15. The summed E-state index contributed by atoms with van der Waals surface area (Å²) in [5.41, 5.74) is 2.77. The van der Waals surface area contributed by atoms with Gasteiger partial charge in [0.2, 0.25) is 5.96 Å². The van der Waals surface area contributed by atoms with Gasteiger partial charge in [0, 0.05) is 24.5 Å². The molecule has 0 N–H and O–H groups in total. The molecule has 9 nitrogen and oxygen atoms in total. The van der Waals surface area contributed by atoms with E-state index < -0.39 is 36.7 Å². The van der Waals surface area contributed by atoms with Crippen LogP contribution in [0, 0.1) is 0 Å². The molecule has 3 aliphatic rings. The molecule has 4 rings (SSSR count). The Balaban J connectivity index is 1.53. The van der Waals surface area contributed by atoms with E-state index >= 15 is 0 Å². The lowest BCUT2D eigenvalue weighted by Crippen LogP contribution is -2.65. The maximum Gasteiger partial charge on any atom is 0.328 e. The fourth-order valence-corrected chi connectivity index (χ4v) is 4.31. The molecule has 0 bridgehead atoms. The zero-order valence-corrected chi connectivity index (χ0v) is 18.4. The first kappa shape index (κ1) is 20.9. The first-order chi connectivity index (χ1) is 14.7. The number of allylic oxidation sites excluding steroid dienone is 2. The van der Waals surface area contributed by atoms with Crippen molar-refractivity contribution < 1.29 is 19.1 Å². The Kier molecular flexibility index (Phi) is 5.20. The summed E-state index contributed by atoms with van der Waals surface area (Å²) in [5, 5.41) is 0. The second-order valence-corrected chi connectivity index (χ2v) is 8.26. The van der Waals surface area contributed by atoms with Crippen molar-refractivity contribution >= 4 is 23.9 Å². The molecule has 0 aliphatic carbocycles. The summed E-state index contributed by atoms with van der Waals surface area (Å²) >= 11 is 0. The Labute approximate surface area is 181 Å². The minimum Gasteiger partial charge on any atom is -0.459 e. The lowest BCUT2D eigenvalue weighted by molar-refractivity contribution is -0.151. The number of likely N-dealkylation sites (N-methyl/N-ethyl adjacent to an activating group) is 1. The van der Waals surface area contributed by atoms with Gasteiger partial charge in [0.15, 0.2) is 12.2 Å². The highest BCUT2D eigenvalue weighted by Crippen LogP contribution is 2.38. The van der Waals surface area contributed by atoms with Gasteiger partial charge in [-0.2, -0.15) is 0 Å². The Morgan fingerprint density at radius 2 is 1.81 bits per heavy atom. The molecule has 31 heavy (non-hydrogen) atoms. The molecule has 0 radical (unpaired) electrons. The molecule has 3 aliphatic heterocycles. The minimum atomic E-state index is -0.696. The molecule has 2 unspecified atom stereocenters. The first-order valence-corrected chi connectivity index (χ1v) is 10.3. The smallest absolute Gasteiger partial charge is 0.328 e. The van der Waals surface area contributed by atoms with E-state index in [2.05, 4.69) is 18.7 Å². The number of hydrogen-bond acceptors (Lipinski definition) is 7. The van der Waals surface area contributed by atoms with Crippen LogP contribution in [0.4, 0.5) is 4.79 Å². The van der Waals surface area contributed by atoms with Crippen LogP contribution in [-0.4, -0.2) is 75.3 Å². The number of ether oxygens (including phenoxy) is 1. The standard InChI is InChI=1S/C22H27N5O4/c1-13(2)26-14(3)15(4)27-18-19(23-21(26)27)24(5)22(30)25(20(18)29)11-17(28)31-12-16-9-7-6-8-10-16/h6-10,13,18-19H,11-12H2,1-5H3. The van der Waals surface area contributed by atoms with Crippen molar-refractivity contribution in [1.82, 2.24) is 19.6 Å². The second-order valence-electron chi connectivity index (χ2n) is 8.26. The maximum absolute atomic E-state index is 13.4. The largest absolute Gasteiger partial charge is 0.459 e. The highest BCUT2D eigenvalue weighted by Gasteiger charge is 2.56. The number of benzene rings is 1. The number of rotatable bonds is 5. The topological polar surface area (TPSA) is 85.8 Å². The van der Waals surface area contributed by atoms with Gasteiger partial charge in [0.1, 0.15) is 13.2 Å². The van der Waals surface area contributed by atoms with Gasteiger partial charge in [-0.05, 0) is 33.3 Å². The van der Waals surface area contributed by atoms with Crippen LogP contribution in [0.2, 0.25) is 0 Å². The minimum absolute atomic E-state index is 0.0849. The average Bonchev–Trinajstić information content (AvgIpc) is 3.24. The molecule has 0 spiro atoms. The number of guanidine groups is 1. The molecule has 0 aromatic heterocycles. The summed E-state index contributed by atoms with van der Waals surface area (Å²) in [7, 11) is 1.60. The van der Waals surface area contributed by atoms with Gasteiger partial charge in [0.05, 0.1) is 0 Å². The summed E-state index contributed by atoms with van der Waals surface area (Å²) in [4.78, 5) is 49.7. The first-order valence-electron chi connectivity index (χ1n) is 10.3. The fourth-order valence-electron chi connectivity index (χ4n) is 4.31. The van der Waals surface area contributed by atoms with Crippen molar-refractivity contribution in [1.29, 1.82) is 0 Å². The number of carbonyl (C=O) groups is 3. The normalized spacial score (nSPS) is 23.0. The van der Waals surface area contributed by atoms with Crippen LogP contribution < -0.4 is 0 Å². The van der Waals surface area contributed by atoms with Crippen LogP contribution in [-0.2, 0) is 20.9 Å². The lowest BCUT2D eigenvalue weighted by Gasteiger charge is -2.40. The molecule has 2 atom stereocenters. The van der Waals surface area contributed by atoms with Crippen molar-refractivity contribution in [3.63, 3.8) is 0 Å². The van der Waals surface area contributed by atoms with Crippen LogP contribution in [0.15, 0.2) is 46.7 Å². The van der Waals surface area contributed by atoms with Crippen LogP contribution in [0.25, 0.3) is 0 Å². The Bertz CT molecular complexity index is 987. The molecule has 3 amide bonds. The summed E-state index contributed by atoms with van der Waals surface area (Å²) in [6.45, 7) is 7.69. The van der Waals surface area contributed by atoms with Gasteiger partial charge in [-0.3, -0.25) is 19.4 Å². The number of amides is 3. The van der Waals surface area contributed by atoms with Gasteiger partial charge >= 0.3 is 12.0 Å². The van der Waals surface area contributed by atoms with Crippen molar-refractivity contribution in [2.75, 3.05) is 13.6 Å². The third kappa shape index (κ3) is 3.34. The predicted octanol–water partition coefficient (Wildman–Crippen LogP) is 1.97. The lowest BCUT2D eigenvalue weighted by atomic mass is 10.1. The van der Waals surface area contributed by atoms with Gasteiger partial charge < -0.3 is 14.5 Å². The maximum atomic E-state index is 13.4. The predicted molar refractivity (Wildman–Crippen MR) is 113 cm³/mol. The number of esters is 1. The molecular formula is C22H27N5O4. The van der Waals surface area contributed by atoms with Crippen LogP contribution >= 0.6 is 0 Å². The van der Waals surface area contributed by atoms with E-state index in [0.717, 1.165) is 21.9 Å². The quantitative estimate of drug-likeness (QED) is 0.671. The Morgan fingerprint density at radius 3 is 2.45 bits per heavy atom. The monoisotopic (exact) mass is 425 g/mol. The number of imide groups is 1. The summed E-state index contributed by atoms with van der Waals surface area (Å²) < 4.78 is 5.28. The zero-order valence-electron chi connectivity index (χ0n) is 18.4. The van der Waals surface area contributed by atoms with E-state index in [-0.39, 0.29) is 12.6 Å². The van der Waals surface area contributed by atoms with E-state index in [1.165, 1.54) is 4.90 Å². The van der Waals surface area contributed by atoms with Gasteiger partial charge in [-0.25, -0.2) is 9.79 Å². The third-order valence-corrected chi connectivity index (χ3v) is 5.98. The molecule has 1 saturated heterocycles. The van der Waals surface area contributed by atoms with E-state index in [1.807, 2.05) is 49.1 Å². The Morgan fingerprint density at radius 1 is 1.13 bits per heavy atom. The number of aliphatic imine (C=N–C) groups is 1. The highest BCUT2D eigenvalue weighted by atomic mass is 16.5. The Hall–Kier alpha value is -3.36. The van der Waals surface area contributed by atoms with E-state index in [4.69, 9.17) is 9.73 Å². The second kappa shape index (κ2) is 7.72. The van der Waals surface area contributed by atoms with Crippen LogP contribution in [0.1, 0.15) is 33.3 Å². The average molecular weight is 425 g/mol. The van der Waals surface area contributed by atoms with Gasteiger partial charge in [-0.15, -0.1) is 0 Å². The van der Waals surface area contributed by atoms with E-state index in [1.54, 1.807) is 7.05 Å². The number of urea groups is 1. The molecular weight excluding hydrogens is 398 g/mol. The number of nitrogens with zero attached hydrogens (tertiary/aromatic N) is 5. The molecule has 0 saturated carbocycles. The van der Waals surface area contributed by atoms with Crippen molar-refractivity contribution in [3.05, 3.63) is 47.3 Å². The molecule has 1 aromatic carbocycles. The molecule has 164 valence electrons. The van der Waals surface area contributed by atoms with Crippen molar-refractivity contribution in [3.8, 4) is 0 Å². The molecule has 1 aromatic rings. The summed E-state index contributed by atoms with van der Waals surface area (Å²) in [5.74, 6) is -0.409. The SMILES string of the molecule is CC1=C(C)N2C(=NC3C2C(=O)N(CC(=O)OCc2ccccc2)C(=O)N3C)N1C(C)C. The van der Waals surface area contributed by atoms with Gasteiger partial charge in [-0.1, -0.05) is 30.3 Å². The summed E-state index contributed by atoms with van der Waals surface area (Å²) in [6.07, 6.45) is -0.629. The van der Waals surface area contributed by atoms with Crippen molar-refractivity contribution in [2.45, 2.75) is 52.6 Å². The highest BCUT2D eigenvalue weighted by molar-refractivity contribution is 6.06. The number of carbonyl (C=O) groups excluding carboxylic acids is 3. The van der Waals surface area contributed by atoms with Crippen LogP contribution in [0.5, 0.6) is 0 Å². The number of hydrogen-bond donors (Lipinski definition) is 0. The molecule has 3 heterocycles. The fraction of sp³-hybridized carbons (Fsp3) is 0.455. The molecule has 9 heteroatoms. The molecule has 1 fully saturated rings. The zero-order chi connectivity index (χ0) is 22.4. The van der Waals surface area contributed by atoms with Crippen molar-refractivity contribution in [2.24, 2.45) is 4.99 Å². The van der Waals surface area contributed by atoms with E-state index in [9.17, 15) is 14.4 Å². The third-order valence-electron chi connectivity index (χ3n) is 5.98. The van der Waals surface area contributed by atoms with E-state index in [0.29, 0.717) is 5.96 Å².